The van der Waals surface area contributed by atoms with E-state index in [0.717, 1.165) is 25.0 Å². The number of para-hydroxylation sites is 1. The van der Waals surface area contributed by atoms with Gasteiger partial charge in [-0.15, -0.1) is 0 Å². The number of aromatic nitrogens is 1. The van der Waals surface area contributed by atoms with Crippen molar-refractivity contribution in [1.29, 1.82) is 0 Å². The van der Waals surface area contributed by atoms with E-state index in [-0.39, 0.29) is 0 Å². The van der Waals surface area contributed by atoms with Crippen LogP contribution in [0.4, 0.5) is 0 Å². The Morgan fingerprint density at radius 2 is 1.50 bits per heavy atom. The third-order valence-electron chi connectivity index (χ3n) is 6.65. The molecule has 0 unspecified atom stereocenters. The second-order valence-corrected chi connectivity index (χ2v) is 16.2. The van der Waals surface area contributed by atoms with E-state index in [1.807, 2.05) is 11.8 Å². The molecule has 3 rings (SSSR count). The lowest BCUT2D eigenvalue weighted by molar-refractivity contribution is 0.354. The van der Waals surface area contributed by atoms with Gasteiger partial charge in [-0.3, -0.25) is 0 Å². The Morgan fingerprint density at radius 3 is 2.12 bits per heavy atom. The molecule has 0 atom stereocenters. The van der Waals surface area contributed by atoms with Crippen molar-refractivity contribution in [3.63, 3.8) is 0 Å². The van der Waals surface area contributed by atoms with Gasteiger partial charge in [-0.2, -0.15) is 0 Å². The van der Waals surface area contributed by atoms with E-state index in [1.54, 1.807) is 0 Å². The van der Waals surface area contributed by atoms with Gasteiger partial charge in [-0.25, -0.2) is 0 Å². The van der Waals surface area contributed by atoms with Crippen molar-refractivity contribution in [2.24, 2.45) is 0 Å². The standard InChI is InChI=1S/C28H39NOSSi/c1-20(2)32(21(3)4,22(5)6)30-23(7)14-13-18-26-25-17-11-12-19-27(25)29-28(26)31-24-15-9-8-10-16-24/h8-12,15-17,19-22,29H,7,13-14,18H2,1-6H3. The first-order chi connectivity index (χ1) is 15.3. The van der Waals surface area contributed by atoms with Crippen molar-refractivity contribution < 1.29 is 4.43 Å². The molecule has 1 N–H and O–H groups in total. The maximum absolute atomic E-state index is 6.79. The number of benzene rings is 2. The maximum Gasteiger partial charge on any atom is 0.258 e. The van der Waals surface area contributed by atoms with Crippen LogP contribution in [0.25, 0.3) is 10.9 Å². The first-order valence-electron chi connectivity index (χ1n) is 11.9. The fraction of sp³-hybridized carbons (Fsp3) is 0.429. The summed E-state index contributed by atoms with van der Waals surface area (Å²) in [5.74, 6) is 0.977. The van der Waals surface area contributed by atoms with Gasteiger partial charge < -0.3 is 9.41 Å². The van der Waals surface area contributed by atoms with E-state index in [0.29, 0.717) is 16.6 Å². The second kappa shape index (κ2) is 10.8. The molecule has 0 radical (unpaired) electrons. The quantitative estimate of drug-likeness (QED) is 0.225. The van der Waals surface area contributed by atoms with E-state index in [1.165, 1.54) is 26.4 Å². The van der Waals surface area contributed by atoms with Crippen molar-refractivity contribution >= 4 is 31.0 Å². The Hall–Kier alpha value is -1.91. The van der Waals surface area contributed by atoms with Gasteiger partial charge in [0.05, 0.1) is 10.8 Å². The summed E-state index contributed by atoms with van der Waals surface area (Å²) >= 11 is 1.82. The Bertz CT molecular complexity index is 1000. The van der Waals surface area contributed by atoms with Crippen molar-refractivity contribution in [2.45, 2.75) is 87.3 Å². The zero-order valence-corrected chi connectivity index (χ0v) is 22.4. The number of aromatic amines is 1. The molecule has 0 aliphatic rings. The maximum atomic E-state index is 6.79. The molecule has 0 amide bonds. The summed E-state index contributed by atoms with van der Waals surface area (Å²) < 4.78 is 6.79. The number of aryl methyl sites for hydroxylation is 1. The van der Waals surface area contributed by atoms with Crippen LogP contribution in [0.1, 0.15) is 59.9 Å². The van der Waals surface area contributed by atoms with E-state index < -0.39 is 8.32 Å². The van der Waals surface area contributed by atoms with Gasteiger partial charge in [0, 0.05) is 22.2 Å². The predicted molar refractivity (Wildman–Crippen MR) is 143 cm³/mol. The van der Waals surface area contributed by atoms with Crippen LogP contribution in [0, 0.1) is 0 Å². The number of hydrogen-bond donors (Lipinski definition) is 1. The highest BCUT2D eigenvalue weighted by Crippen LogP contribution is 2.44. The summed E-state index contributed by atoms with van der Waals surface area (Å²) in [6, 6.07) is 19.2. The fourth-order valence-electron chi connectivity index (χ4n) is 5.23. The van der Waals surface area contributed by atoms with Gasteiger partial charge in [-0.05, 0) is 53.2 Å². The molecule has 2 nitrogen and oxygen atoms in total. The molecule has 32 heavy (non-hydrogen) atoms. The zero-order chi connectivity index (χ0) is 23.3. The highest BCUT2D eigenvalue weighted by atomic mass is 32.2. The van der Waals surface area contributed by atoms with Crippen LogP contribution in [0.5, 0.6) is 0 Å². The Balaban J connectivity index is 1.73. The highest BCUT2D eigenvalue weighted by molar-refractivity contribution is 7.99. The molecule has 3 aromatic rings. The molecule has 0 spiro atoms. The second-order valence-electron chi connectivity index (χ2n) is 9.71. The molecule has 2 aromatic carbocycles. The summed E-state index contributed by atoms with van der Waals surface area (Å²) in [5.41, 5.74) is 4.33. The van der Waals surface area contributed by atoms with E-state index in [2.05, 4.69) is 108 Å². The number of allylic oxidation sites excluding steroid dienone is 1. The molecule has 1 heterocycles. The Kier molecular flexibility index (Phi) is 8.35. The van der Waals surface area contributed by atoms with Crippen molar-refractivity contribution in [3.8, 4) is 0 Å². The molecule has 172 valence electrons. The molecule has 0 aliphatic heterocycles. The van der Waals surface area contributed by atoms with Crippen molar-refractivity contribution in [2.75, 3.05) is 0 Å². The van der Waals surface area contributed by atoms with Gasteiger partial charge in [0.2, 0.25) is 0 Å². The summed E-state index contributed by atoms with van der Waals surface area (Å²) in [6.45, 7) is 18.3. The van der Waals surface area contributed by atoms with E-state index in [4.69, 9.17) is 4.43 Å². The van der Waals surface area contributed by atoms with Crippen LogP contribution in [0.2, 0.25) is 16.6 Å². The van der Waals surface area contributed by atoms with Gasteiger partial charge in [0.15, 0.2) is 0 Å². The molecule has 0 fully saturated rings. The summed E-state index contributed by atoms with van der Waals surface area (Å²) in [6.07, 6.45) is 2.97. The molecular formula is C28H39NOSSi. The normalized spacial score (nSPS) is 12.3. The molecule has 0 aliphatic carbocycles. The van der Waals surface area contributed by atoms with Crippen LogP contribution >= 0.6 is 11.8 Å². The van der Waals surface area contributed by atoms with Crippen molar-refractivity contribution in [3.05, 3.63) is 72.5 Å². The summed E-state index contributed by atoms with van der Waals surface area (Å²) in [5, 5.41) is 2.58. The monoisotopic (exact) mass is 465 g/mol. The largest absolute Gasteiger partial charge is 0.546 e. The molecule has 1 aromatic heterocycles. The summed E-state index contributed by atoms with van der Waals surface area (Å²) in [7, 11) is -1.92. The van der Waals surface area contributed by atoms with Gasteiger partial charge in [-0.1, -0.05) is 96.3 Å². The third kappa shape index (κ3) is 5.35. The molecule has 0 saturated heterocycles. The van der Waals surface area contributed by atoms with E-state index in [9.17, 15) is 0 Å². The van der Waals surface area contributed by atoms with Crippen molar-refractivity contribution in [1.82, 2.24) is 4.98 Å². The highest BCUT2D eigenvalue weighted by Gasteiger charge is 2.47. The molecular weight excluding hydrogens is 426 g/mol. The third-order valence-corrected chi connectivity index (χ3v) is 13.8. The molecule has 0 bridgehead atoms. The SMILES string of the molecule is C=C(CCCc1c(Sc2ccccc2)[nH]c2ccccc12)O[Si](C(C)C)(C(C)C)C(C)C. The number of hydrogen-bond acceptors (Lipinski definition) is 2. The number of nitrogens with one attached hydrogen (secondary N) is 1. The minimum atomic E-state index is -1.92. The topological polar surface area (TPSA) is 25.0 Å². The predicted octanol–water partition coefficient (Wildman–Crippen LogP) is 9.35. The first-order valence-corrected chi connectivity index (χ1v) is 14.9. The van der Waals surface area contributed by atoms with Crippen LogP contribution < -0.4 is 0 Å². The minimum absolute atomic E-state index is 0.571. The molecule has 0 saturated carbocycles. The number of rotatable bonds is 11. The lowest BCUT2D eigenvalue weighted by Crippen LogP contribution is -2.47. The molecule has 4 heteroatoms. The average molecular weight is 466 g/mol. The lowest BCUT2D eigenvalue weighted by atomic mass is 10.1. The smallest absolute Gasteiger partial charge is 0.258 e. The van der Waals surface area contributed by atoms with Crippen LogP contribution in [0.15, 0.2) is 76.9 Å². The van der Waals surface area contributed by atoms with Gasteiger partial charge in [0.1, 0.15) is 0 Å². The van der Waals surface area contributed by atoms with E-state index >= 15 is 0 Å². The zero-order valence-electron chi connectivity index (χ0n) is 20.6. The van der Waals surface area contributed by atoms with Crippen LogP contribution in [-0.2, 0) is 10.8 Å². The van der Waals surface area contributed by atoms with Crippen LogP contribution in [-0.4, -0.2) is 13.3 Å². The number of fused-ring (bicyclic) bond motifs is 1. The minimum Gasteiger partial charge on any atom is -0.546 e. The van der Waals surface area contributed by atoms with Gasteiger partial charge in [0.25, 0.3) is 8.32 Å². The summed E-state index contributed by atoms with van der Waals surface area (Å²) in [4.78, 5) is 4.91. The Morgan fingerprint density at radius 1 is 0.906 bits per heavy atom. The lowest BCUT2D eigenvalue weighted by Gasteiger charge is -2.42. The number of H-pyrrole nitrogens is 1. The van der Waals surface area contributed by atoms with Crippen LogP contribution in [0.3, 0.4) is 0 Å². The first kappa shape index (κ1) is 24.7. The Labute approximate surface area is 200 Å². The fourth-order valence-corrected chi connectivity index (χ4v) is 11.6. The average Bonchev–Trinajstić information content (AvgIpc) is 3.09. The van der Waals surface area contributed by atoms with Gasteiger partial charge >= 0.3 is 0 Å².